The molecule has 0 aliphatic heterocycles. The number of fused-ring (bicyclic) bond motifs is 1. The van der Waals surface area contributed by atoms with E-state index in [9.17, 15) is 4.79 Å². The summed E-state index contributed by atoms with van der Waals surface area (Å²) in [6.07, 6.45) is 2.60. The van der Waals surface area contributed by atoms with Gasteiger partial charge in [-0.15, -0.1) is 0 Å². The van der Waals surface area contributed by atoms with E-state index in [0.29, 0.717) is 12.2 Å². The molecule has 0 aliphatic rings. The van der Waals surface area contributed by atoms with Crippen LogP contribution in [0.25, 0.3) is 22.0 Å². The van der Waals surface area contributed by atoms with Gasteiger partial charge in [0.2, 0.25) is 0 Å². The minimum Gasteiger partial charge on any atom is -0.462 e. The highest BCUT2D eigenvalue weighted by Crippen LogP contribution is 2.31. The molecule has 0 fully saturated rings. The van der Waals surface area contributed by atoms with Crippen LogP contribution in [0.3, 0.4) is 0 Å². The Labute approximate surface area is 192 Å². The third kappa shape index (κ3) is 5.83. The molecule has 0 amide bonds. The lowest BCUT2D eigenvalue weighted by Crippen LogP contribution is -2.25. The van der Waals surface area contributed by atoms with E-state index in [2.05, 4.69) is 69.2 Å². The Hall–Kier alpha value is -2.44. The second-order valence-electron chi connectivity index (χ2n) is 7.31. The summed E-state index contributed by atoms with van der Waals surface area (Å²) in [5.41, 5.74) is 4.31. The third-order valence-electron chi connectivity index (χ3n) is 5.39. The number of nitrogens with one attached hydrogen (secondary N) is 1. The topological polar surface area (TPSA) is 54.5 Å². The first-order valence-electron chi connectivity index (χ1n) is 10.9. The fourth-order valence-corrected chi connectivity index (χ4v) is 3.89. The number of ether oxygens (including phenoxy) is 1. The minimum atomic E-state index is -0.350. The predicted octanol–water partition coefficient (Wildman–Crippen LogP) is 5.98. The Morgan fingerprint density at radius 1 is 1.06 bits per heavy atom. The number of pyridine rings is 1. The second-order valence-corrected chi connectivity index (χ2v) is 8.23. The largest absolute Gasteiger partial charge is 0.462 e. The van der Waals surface area contributed by atoms with Gasteiger partial charge in [0.05, 0.1) is 17.8 Å². The number of anilines is 1. The summed E-state index contributed by atoms with van der Waals surface area (Å²) in [4.78, 5) is 19.5. The number of halogens is 1. The molecule has 0 unspecified atom stereocenters. The lowest BCUT2D eigenvalue weighted by Gasteiger charge is -2.19. The van der Waals surface area contributed by atoms with Crippen molar-refractivity contribution in [3.05, 3.63) is 58.7 Å². The van der Waals surface area contributed by atoms with Crippen LogP contribution in [-0.2, 0) is 4.74 Å². The summed E-state index contributed by atoms with van der Waals surface area (Å²) < 4.78 is 6.33. The summed E-state index contributed by atoms with van der Waals surface area (Å²) in [5.74, 6) is -0.350. The van der Waals surface area contributed by atoms with Crippen LogP contribution >= 0.6 is 15.9 Å². The molecule has 3 aromatic rings. The van der Waals surface area contributed by atoms with Gasteiger partial charge < -0.3 is 15.0 Å². The summed E-state index contributed by atoms with van der Waals surface area (Å²) in [5, 5.41) is 4.44. The number of hydrogen-bond acceptors (Lipinski definition) is 5. The van der Waals surface area contributed by atoms with Crippen LogP contribution in [0.15, 0.2) is 53.1 Å². The van der Waals surface area contributed by atoms with Crippen LogP contribution < -0.4 is 5.32 Å². The van der Waals surface area contributed by atoms with Crippen molar-refractivity contribution >= 4 is 38.5 Å². The van der Waals surface area contributed by atoms with Crippen molar-refractivity contribution in [2.75, 3.05) is 38.1 Å². The van der Waals surface area contributed by atoms with Crippen LogP contribution in [0.2, 0.25) is 0 Å². The molecule has 0 bridgehead atoms. The standard InChI is InChI=1S/C25H30BrN3O2/c1-4-29(5-2)15-7-14-27-24-21-16-19(18-8-11-20(26)12-9-18)10-13-23(21)28-17-22(24)25(30)31-6-3/h8-13,16-17H,4-7,14-15H2,1-3H3,(H,27,28). The number of rotatable bonds is 10. The molecule has 3 rings (SSSR count). The highest BCUT2D eigenvalue weighted by molar-refractivity contribution is 9.10. The fraction of sp³-hybridized carbons (Fsp3) is 0.360. The number of carbonyl (C=O) groups excluding carboxylic acids is 1. The average molecular weight is 484 g/mol. The van der Waals surface area contributed by atoms with Gasteiger partial charge in [0.1, 0.15) is 5.56 Å². The number of benzene rings is 2. The molecular formula is C25H30BrN3O2. The van der Waals surface area contributed by atoms with Gasteiger partial charge in [-0.05, 0) is 68.4 Å². The molecular weight excluding hydrogens is 454 g/mol. The number of nitrogens with zero attached hydrogens (tertiary/aromatic N) is 2. The molecule has 0 aliphatic carbocycles. The number of carbonyl (C=O) groups is 1. The SMILES string of the molecule is CCOC(=O)c1cnc2ccc(-c3ccc(Br)cc3)cc2c1NCCCN(CC)CC. The van der Waals surface area contributed by atoms with E-state index in [-0.39, 0.29) is 5.97 Å². The van der Waals surface area contributed by atoms with E-state index in [1.807, 2.05) is 25.1 Å². The molecule has 0 saturated heterocycles. The second kappa shape index (κ2) is 11.3. The van der Waals surface area contributed by atoms with Gasteiger partial charge in [-0.1, -0.05) is 48.0 Å². The van der Waals surface area contributed by atoms with Crippen LogP contribution in [-0.4, -0.2) is 48.6 Å². The van der Waals surface area contributed by atoms with Gasteiger partial charge in [-0.2, -0.15) is 0 Å². The van der Waals surface area contributed by atoms with Gasteiger partial charge in [0.15, 0.2) is 0 Å². The smallest absolute Gasteiger partial charge is 0.341 e. The molecule has 5 nitrogen and oxygen atoms in total. The number of hydrogen-bond donors (Lipinski definition) is 1. The summed E-state index contributed by atoms with van der Waals surface area (Å²) in [7, 11) is 0. The molecule has 1 aromatic heterocycles. The van der Waals surface area contributed by atoms with Gasteiger partial charge in [-0.3, -0.25) is 4.98 Å². The van der Waals surface area contributed by atoms with Crippen molar-refractivity contribution in [2.45, 2.75) is 27.2 Å². The first kappa shape index (κ1) is 23.2. The minimum absolute atomic E-state index is 0.331. The van der Waals surface area contributed by atoms with E-state index in [1.54, 1.807) is 6.20 Å². The maximum absolute atomic E-state index is 12.6. The molecule has 2 aromatic carbocycles. The Balaban J connectivity index is 1.96. The predicted molar refractivity (Wildman–Crippen MR) is 132 cm³/mol. The lowest BCUT2D eigenvalue weighted by atomic mass is 10.0. The quantitative estimate of drug-likeness (QED) is 0.283. The van der Waals surface area contributed by atoms with Gasteiger partial charge in [0.25, 0.3) is 0 Å². The van der Waals surface area contributed by atoms with Crippen LogP contribution in [0, 0.1) is 0 Å². The number of aromatic nitrogens is 1. The van der Waals surface area contributed by atoms with Gasteiger partial charge >= 0.3 is 5.97 Å². The molecule has 0 radical (unpaired) electrons. The molecule has 1 heterocycles. The first-order valence-corrected chi connectivity index (χ1v) is 11.7. The monoisotopic (exact) mass is 483 g/mol. The molecule has 1 N–H and O–H groups in total. The molecule has 0 atom stereocenters. The zero-order valence-electron chi connectivity index (χ0n) is 18.5. The normalized spacial score (nSPS) is 11.1. The van der Waals surface area contributed by atoms with E-state index in [0.717, 1.165) is 64.8 Å². The first-order chi connectivity index (χ1) is 15.1. The molecule has 6 heteroatoms. The van der Waals surface area contributed by atoms with E-state index in [1.165, 1.54) is 0 Å². The van der Waals surface area contributed by atoms with E-state index >= 15 is 0 Å². The Morgan fingerprint density at radius 2 is 1.77 bits per heavy atom. The van der Waals surface area contributed by atoms with Crippen LogP contribution in [0.5, 0.6) is 0 Å². The lowest BCUT2D eigenvalue weighted by molar-refractivity contribution is 0.0527. The summed E-state index contributed by atoms with van der Waals surface area (Å²) in [6.45, 7) is 10.4. The Bertz CT molecular complexity index is 1020. The van der Waals surface area contributed by atoms with Crippen molar-refractivity contribution in [2.24, 2.45) is 0 Å². The highest BCUT2D eigenvalue weighted by Gasteiger charge is 2.17. The van der Waals surface area contributed by atoms with Gasteiger partial charge in [0, 0.05) is 22.6 Å². The average Bonchev–Trinajstić information content (AvgIpc) is 2.79. The zero-order valence-corrected chi connectivity index (χ0v) is 20.0. The van der Waals surface area contributed by atoms with Crippen molar-refractivity contribution < 1.29 is 9.53 Å². The van der Waals surface area contributed by atoms with Crippen LogP contribution in [0.1, 0.15) is 37.6 Å². The Kier molecular flexibility index (Phi) is 8.43. The van der Waals surface area contributed by atoms with Crippen molar-refractivity contribution in [1.29, 1.82) is 0 Å². The third-order valence-corrected chi connectivity index (χ3v) is 5.92. The molecule has 164 valence electrons. The van der Waals surface area contributed by atoms with Gasteiger partial charge in [-0.25, -0.2) is 4.79 Å². The van der Waals surface area contributed by atoms with Crippen LogP contribution in [0.4, 0.5) is 5.69 Å². The van der Waals surface area contributed by atoms with E-state index in [4.69, 9.17) is 4.74 Å². The Morgan fingerprint density at radius 3 is 2.45 bits per heavy atom. The zero-order chi connectivity index (χ0) is 22.2. The summed E-state index contributed by atoms with van der Waals surface area (Å²) in [6, 6.07) is 14.4. The fourth-order valence-electron chi connectivity index (χ4n) is 3.62. The molecule has 0 saturated carbocycles. The maximum atomic E-state index is 12.6. The molecule has 31 heavy (non-hydrogen) atoms. The molecule has 0 spiro atoms. The maximum Gasteiger partial charge on any atom is 0.341 e. The highest BCUT2D eigenvalue weighted by atomic mass is 79.9. The number of esters is 1. The summed E-state index contributed by atoms with van der Waals surface area (Å²) >= 11 is 3.49. The van der Waals surface area contributed by atoms with Crippen molar-refractivity contribution in [3.63, 3.8) is 0 Å². The van der Waals surface area contributed by atoms with Crippen molar-refractivity contribution in [1.82, 2.24) is 9.88 Å². The van der Waals surface area contributed by atoms with E-state index < -0.39 is 0 Å². The van der Waals surface area contributed by atoms with Crippen molar-refractivity contribution in [3.8, 4) is 11.1 Å².